The fourth-order valence-electron chi connectivity index (χ4n) is 1.59. The van der Waals surface area contributed by atoms with Crippen molar-refractivity contribution in [1.82, 2.24) is 0 Å². The molecule has 0 N–H and O–H groups in total. The van der Waals surface area contributed by atoms with Crippen molar-refractivity contribution in [2.75, 3.05) is 13.2 Å². The van der Waals surface area contributed by atoms with Gasteiger partial charge in [0.05, 0.1) is 6.61 Å². The van der Waals surface area contributed by atoms with Gasteiger partial charge in [0.2, 0.25) is 0 Å². The fraction of sp³-hybridized carbons (Fsp3) is 0.571. The minimum absolute atomic E-state index is 0. The molecule has 2 rings (SSSR count). The molecule has 2 heteroatoms. The zero-order valence-corrected chi connectivity index (χ0v) is 9.40. The van der Waals surface area contributed by atoms with Crippen molar-refractivity contribution in [2.24, 2.45) is 0 Å². The maximum atomic E-state index is 5.76. The van der Waals surface area contributed by atoms with Crippen LogP contribution in [0.2, 0.25) is 0 Å². The van der Waals surface area contributed by atoms with Gasteiger partial charge in [-0.1, -0.05) is 39.5 Å². The molecule has 1 aromatic carbocycles. The molecule has 1 aromatic rings. The van der Waals surface area contributed by atoms with E-state index in [0.29, 0.717) is 18.6 Å². The summed E-state index contributed by atoms with van der Waals surface area (Å²) >= 11 is 0. The Morgan fingerprint density at radius 3 is 2.75 bits per heavy atom. The van der Waals surface area contributed by atoms with E-state index in [1.807, 2.05) is 12.1 Å². The number of benzene rings is 1. The molecule has 2 unspecified atom stereocenters. The zero-order chi connectivity index (χ0) is 10.7. The van der Waals surface area contributed by atoms with Crippen LogP contribution in [0.1, 0.15) is 39.2 Å². The molecule has 0 radical (unpaired) electrons. The van der Waals surface area contributed by atoms with Crippen LogP contribution in [0.15, 0.2) is 24.3 Å². The molecule has 1 aliphatic heterocycles. The SMILES string of the molecule is C.CCC(C)c1ccccc1OCC1CO1. The highest BCUT2D eigenvalue weighted by Crippen LogP contribution is 2.28. The van der Waals surface area contributed by atoms with Gasteiger partial charge in [-0.05, 0) is 24.0 Å². The molecule has 0 aromatic heterocycles. The van der Waals surface area contributed by atoms with E-state index in [-0.39, 0.29) is 7.43 Å². The predicted molar refractivity (Wildman–Crippen MR) is 67.1 cm³/mol. The highest BCUT2D eigenvalue weighted by atomic mass is 16.6. The monoisotopic (exact) mass is 222 g/mol. The van der Waals surface area contributed by atoms with Gasteiger partial charge in [0.25, 0.3) is 0 Å². The lowest BCUT2D eigenvalue weighted by Crippen LogP contribution is -2.06. The molecule has 16 heavy (non-hydrogen) atoms. The highest BCUT2D eigenvalue weighted by molar-refractivity contribution is 5.35. The van der Waals surface area contributed by atoms with E-state index in [2.05, 4.69) is 26.0 Å². The topological polar surface area (TPSA) is 21.8 Å². The van der Waals surface area contributed by atoms with E-state index in [0.717, 1.165) is 18.8 Å². The van der Waals surface area contributed by atoms with Crippen LogP contribution in [0, 0.1) is 0 Å². The molecule has 1 fully saturated rings. The van der Waals surface area contributed by atoms with Gasteiger partial charge >= 0.3 is 0 Å². The molecule has 1 saturated heterocycles. The first kappa shape index (κ1) is 13.0. The number of hydrogen-bond donors (Lipinski definition) is 0. The molecule has 0 saturated carbocycles. The van der Waals surface area contributed by atoms with Gasteiger partial charge in [0.15, 0.2) is 0 Å². The third kappa shape index (κ3) is 3.24. The number of epoxide rings is 1. The summed E-state index contributed by atoms with van der Waals surface area (Å²) in [6, 6.07) is 8.29. The lowest BCUT2D eigenvalue weighted by atomic mass is 9.98. The van der Waals surface area contributed by atoms with Gasteiger partial charge in [-0.2, -0.15) is 0 Å². The number of hydrogen-bond acceptors (Lipinski definition) is 2. The average molecular weight is 222 g/mol. The molecular formula is C14H22O2. The van der Waals surface area contributed by atoms with Crippen LogP contribution in [-0.4, -0.2) is 19.3 Å². The van der Waals surface area contributed by atoms with Crippen LogP contribution in [0.5, 0.6) is 5.75 Å². The quantitative estimate of drug-likeness (QED) is 0.710. The summed E-state index contributed by atoms with van der Waals surface area (Å²) in [4.78, 5) is 0. The van der Waals surface area contributed by atoms with E-state index in [9.17, 15) is 0 Å². The molecule has 0 spiro atoms. The van der Waals surface area contributed by atoms with Gasteiger partial charge in [0.1, 0.15) is 18.5 Å². The summed E-state index contributed by atoms with van der Waals surface area (Å²) in [5.74, 6) is 1.57. The Hall–Kier alpha value is -1.02. The van der Waals surface area contributed by atoms with Gasteiger partial charge < -0.3 is 9.47 Å². The average Bonchev–Trinajstić information content (AvgIpc) is 3.09. The normalized spacial score (nSPS) is 19.8. The summed E-state index contributed by atoms with van der Waals surface area (Å²) in [5, 5.41) is 0. The Balaban J connectivity index is 0.00000128. The van der Waals surface area contributed by atoms with Crippen molar-refractivity contribution in [3.63, 3.8) is 0 Å². The number of rotatable bonds is 5. The lowest BCUT2D eigenvalue weighted by molar-refractivity contribution is 0.260. The third-order valence-corrected chi connectivity index (χ3v) is 2.89. The van der Waals surface area contributed by atoms with Crippen molar-refractivity contribution < 1.29 is 9.47 Å². The minimum atomic E-state index is 0. The Kier molecular flexibility index (Phi) is 4.81. The second-order valence-corrected chi connectivity index (χ2v) is 4.11. The van der Waals surface area contributed by atoms with Gasteiger partial charge in [0, 0.05) is 0 Å². The smallest absolute Gasteiger partial charge is 0.122 e. The summed E-state index contributed by atoms with van der Waals surface area (Å²) in [6.07, 6.45) is 1.47. The van der Waals surface area contributed by atoms with Crippen LogP contribution >= 0.6 is 0 Å². The maximum Gasteiger partial charge on any atom is 0.122 e. The minimum Gasteiger partial charge on any atom is -0.490 e. The Morgan fingerprint density at radius 1 is 1.44 bits per heavy atom. The van der Waals surface area contributed by atoms with E-state index in [4.69, 9.17) is 9.47 Å². The van der Waals surface area contributed by atoms with Crippen molar-refractivity contribution in [2.45, 2.75) is 39.7 Å². The fourth-order valence-corrected chi connectivity index (χ4v) is 1.59. The predicted octanol–water partition coefficient (Wildman–Crippen LogP) is 3.61. The van der Waals surface area contributed by atoms with Crippen LogP contribution in [0.25, 0.3) is 0 Å². The molecule has 2 nitrogen and oxygen atoms in total. The van der Waals surface area contributed by atoms with E-state index < -0.39 is 0 Å². The van der Waals surface area contributed by atoms with Crippen LogP contribution < -0.4 is 4.74 Å². The summed E-state index contributed by atoms with van der Waals surface area (Å²) in [6.45, 7) is 5.97. The number of para-hydroxylation sites is 1. The molecule has 0 bridgehead atoms. The van der Waals surface area contributed by atoms with E-state index >= 15 is 0 Å². The summed E-state index contributed by atoms with van der Waals surface area (Å²) < 4.78 is 10.9. The maximum absolute atomic E-state index is 5.76. The Labute approximate surface area is 98.6 Å². The van der Waals surface area contributed by atoms with Crippen LogP contribution in [0.3, 0.4) is 0 Å². The van der Waals surface area contributed by atoms with Crippen LogP contribution in [-0.2, 0) is 4.74 Å². The molecular weight excluding hydrogens is 200 g/mol. The van der Waals surface area contributed by atoms with Gasteiger partial charge in [-0.25, -0.2) is 0 Å². The summed E-state index contributed by atoms with van der Waals surface area (Å²) in [5.41, 5.74) is 1.31. The molecule has 90 valence electrons. The first-order chi connectivity index (χ1) is 7.31. The molecule has 2 atom stereocenters. The first-order valence-electron chi connectivity index (χ1n) is 5.64. The second-order valence-electron chi connectivity index (χ2n) is 4.11. The number of ether oxygens (including phenoxy) is 2. The van der Waals surface area contributed by atoms with E-state index in [1.165, 1.54) is 5.56 Å². The highest BCUT2D eigenvalue weighted by Gasteiger charge is 2.23. The largest absolute Gasteiger partial charge is 0.490 e. The Bertz CT molecular complexity index is 318. The van der Waals surface area contributed by atoms with Crippen molar-refractivity contribution >= 4 is 0 Å². The van der Waals surface area contributed by atoms with Crippen LogP contribution in [0.4, 0.5) is 0 Å². The van der Waals surface area contributed by atoms with Gasteiger partial charge in [-0.15, -0.1) is 0 Å². The third-order valence-electron chi connectivity index (χ3n) is 2.89. The van der Waals surface area contributed by atoms with Crippen molar-refractivity contribution in [3.05, 3.63) is 29.8 Å². The molecule has 0 aliphatic carbocycles. The van der Waals surface area contributed by atoms with Crippen molar-refractivity contribution in [1.29, 1.82) is 0 Å². The Morgan fingerprint density at radius 2 is 2.12 bits per heavy atom. The lowest BCUT2D eigenvalue weighted by Gasteiger charge is -2.14. The second kappa shape index (κ2) is 5.90. The van der Waals surface area contributed by atoms with Crippen molar-refractivity contribution in [3.8, 4) is 5.75 Å². The summed E-state index contributed by atoms with van der Waals surface area (Å²) in [7, 11) is 0. The van der Waals surface area contributed by atoms with Gasteiger partial charge in [-0.3, -0.25) is 0 Å². The standard InChI is InChI=1S/C13H18O2.CH4/c1-3-10(2)12-6-4-5-7-13(12)15-9-11-8-14-11;/h4-7,10-11H,3,8-9H2,1-2H3;1H4. The molecule has 1 aliphatic rings. The molecule has 1 heterocycles. The zero-order valence-electron chi connectivity index (χ0n) is 9.40. The molecule has 0 amide bonds. The first-order valence-corrected chi connectivity index (χ1v) is 5.64. The van der Waals surface area contributed by atoms with E-state index in [1.54, 1.807) is 0 Å².